The first-order chi connectivity index (χ1) is 12.1. The van der Waals surface area contributed by atoms with Crippen LogP contribution in [0.2, 0.25) is 0 Å². The topological polar surface area (TPSA) is 56.8 Å². The molecule has 4 heterocycles. The van der Waals surface area contributed by atoms with Crippen molar-refractivity contribution in [3.63, 3.8) is 0 Å². The number of likely N-dealkylation sites (tertiary alicyclic amines) is 1. The predicted molar refractivity (Wildman–Crippen MR) is 94.0 cm³/mol. The second-order valence-electron chi connectivity index (χ2n) is 7.67. The molecule has 3 aliphatic rings. The minimum absolute atomic E-state index is 0.0326. The second kappa shape index (κ2) is 6.41. The third-order valence-electron chi connectivity index (χ3n) is 6.15. The van der Waals surface area contributed by atoms with Crippen molar-refractivity contribution in [1.29, 1.82) is 0 Å². The fourth-order valence-corrected chi connectivity index (χ4v) is 4.53. The van der Waals surface area contributed by atoms with Crippen LogP contribution in [-0.2, 0) is 11.2 Å². The van der Waals surface area contributed by atoms with Gasteiger partial charge in [0.15, 0.2) is 0 Å². The minimum atomic E-state index is -0.574. The van der Waals surface area contributed by atoms with E-state index in [1.54, 1.807) is 9.80 Å². The number of imide groups is 1. The van der Waals surface area contributed by atoms with Crippen LogP contribution in [-0.4, -0.2) is 69.4 Å². The fraction of sp³-hybridized carbons (Fsp3) is 0.632. The summed E-state index contributed by atoms with van der Waals surface area (Å²) in [6.45, 7) is 5.57. The molecule has 0 aliphatic carbocycles. The largest absolute Gasteiger partial charge is 0.327 e. The van der Waals surface area contributed by atoms with E-state index in [4.69, 9.17) is 0 Å². The Kier molecular flexibility index (Phi) is 4.23. The molecule has 0 radical (unpaired) electrons. The van der Waals surface area contributed by atoms with E-state index in [0.717, 1.165) is 58.3 Å². The number of hydrogen-bond donors (Lipinski definition) is 0. The minimum Gasteiger partial charge on any atom is -0.310 e. The fourth-order valence-electron chi connectivity index (χ4n) is 4.53. The van der Waals surface area contributed by atoms with Crippen molar-refractivity contribution in [3.05, 3.63) is 30.1 Å². The lowest BCUT2D eigenvalue weighted by Gasteiger charge is -2.35. The average Bonchev–Trinajstić information content (AvgIpc) is 3.12. The van der Waals surface area contributed by atoms with Gasteiger partial charge < -0.3 is 9.80 Å². The number of rotatable bonds is 4. The SMILES string of the molecule is C[C@@]12CCCN1C(=O)N(C1CCN(CCc3ccncc3)CC1)C2=O. The van der Waals surface area contributed by atoms with Gasteiger partial charge in [0.25, 0.3) is 5.91 Å². The summed E-state index contributed by atoms with van der Waals surface area (Å²) in [6, 6.07) is 4.13. The maximum Gasteiger partial charge on any atom is 0.327 e. The van der Waals surface area contributed by atoms with E-state index in [0.29, 0.717) is 0 Å². The molecule has 0 aromatic carbocycles. The van der Waals surface area contributed by atoms with Gasteiger partial charge in [0.05, 0.1) is 0 Å². The van der Waals surface area contributed by atoms with Crippen LogP contribution in [0.15, 0.2) is 24.5 Å². The van der Waals surface area contributed by atoms with Gasteiger partial charge in [0.1, 0.15) is 5.54 Å². The highest BCUT2D eigenvalue weighted by atomic mass is 16.2. The van der Waals surface area contributed by atoms with Gasteiger partial charge in [-0.05, 0) is 56.7 Å². The molecule has 3 fully saturated rings. The number of nitrogens with zero attached hydrogens (tertiary/aromatic N) is 4. The Morgan fingerprint density at radius 3 is 2.56 bits per heavy atom. The van der Waals surface area contributed by atoms with Crippen LogP contribution in [0.4, 0.5) is 4.79 Å². The first kappa shape index (κ1) is 16.5. The summed E-state index contributed by atoms with van der Waals surface area (Å²) in [6.07, 6.45) is 8.20. The van der Waals surface area contributed by atoms with E-state index in [1.165, 1.54) is 5.56 Å². The van der Waals surface area contributed by atoms with E-state index in [9.17, 15) is 9.59 Å². The maximum atomic E-state index is 12.9. The van der Waals surface area contributed by atoms with E-state index < -0.39 is 5.54 Å². The molecule has 6 nitrogen and oxygen atoms in total. The number of hydrogen-bond acceptors (Lipinski definition) is 4. The van der Waals surface area contributed by atoms with Crippen LogP contribution in [0, 0.1) is 0 Å². The monoisotopic (exact) mass is 342 g/mol. The van der Waals surface area contributed by atoms with Gasteiger partial charge in [-0.3, -0.25) is 14.7 Å². The normalized spacial score (nSPS) is 28.0. The van der Waals surface area contributed by atoms with Gasteiger partial charge in [-0.25, -0.2) is 4.79 Å². The molecule has 3 aliphatic heterocycles. The quantitative estimate of drug-likeness (QED) is 0.784. The zero-order valence-electron chi connectivity index (χ0n) is 14.9. The van der Waals surface area contributed by atoms with Gasteiger partial charge in [0.2, 0.25) is 0 Å². The van der Waals surface area contributed by atoms with Crippen LogP contribution in [0.5, 0.6) is 0 Å². The Bertz CT molecular complexity index is 657. The zero-order chi connectivity index (χ0) is 17.4. The molecule has 4 rings (SSSR count). The van der Waals surface area contributed by atoms with Crippen molar-refractivity contribution >= 4 is 11.9 Å². The van der Waals surface area contributed by atoms with Crippen molar-refractivity contribution in [1.82, 2.24) is 19.7 Å². The van der Waals surface area contributed by atoms with E-state index in [-0.39, 0.29) is 18.0 Å². The molecular weight excluding hydrogens is 316 g/mol. The van der Waals surface area contributed by atoms with Crippen LogP contribution < -0.4 is 0 Å². The highest BCUT2D eigenvalue weighted by Gasteiger charge is 2.57. The van der Waals surface area contributed by atoms with Gasteiger partial charge in [-0.15, -0.1) is 0 Å². The number of fused-ring (bicyclic) bond motifs is 1. The van der Waals surface area contributed by atoms with E-state index in [2.05, 4.69) is 22.0 Å². The Morgan fingerprint density at radius 2 is 1.88 bits per heavy atom. The third kappa shape index (κ3) is 2.82. The van der Waals surface area contributed by atoms with Crippen molar-refractivity contribution < 1.29 is 9.59 Å². The Labute approximate surface area is 148 Å². The lowest BCUT2D eigenvalue weighted by atomic mass is 9.97. The van der Waals surface area contributed by atoms with E-state index in [1.807, 2.05) is 19.3 Å². The summed E-state index contributed by atoms with van der Waals surface area (Å²) in [7, 11) is 0. The molecule has 3 amide bonds. The molecule has 3 saturated heterocycles. The lowest BCUT2D eigenvalue weighted by Crippen LogP contribution is -2.49. The Balaban J connectivity index is 1.33. The van der Waals surface area contributed by atoms with Crippen molar-refractivity contribution in [2.45, 2.75) is 50.6 Å². The number of carbonyl (C=O) groups excluding carboxylic acids is 2. The molecule has 0 N–H and O–H groups in total. The summed E-state index contributed by atoms with van der Waals surface area (Å²) >= 11 is 0. The predicted octanol–water partition coefficient (Wildman–Crippen LogP) is 1.91. The highest BCUT2D eigenvalue weighted by molar-refractivity contribution is 6.07. The number of amides is 3. The lowest BCUT2D eigenvalue weighted by molar-refractivity contribution is -0.134. The first-order valence-corrected chi connectivity index (χ1v) is 9.36. The first-order valence-electron chi connectivity index (χ1n) is 9.36. The smallest absolute Gasteiger partial charge is 0.310 e. The van der Waals surface area contributed by atoms with E-state index >= 15 is 0 Å². The summed E-state index contributed by atoms with van der Waals surface area (Å²) in [5, 5.41) is 0. The number of carbonyl (C=O) groups is 2. The zero-order valence-corrected chi connectivity index (χ0v) is 14.9. The van der Waals surface area contributed by atoms with Crippen molar-refractivity contribution in [2.24, 2.45) is 0 Å². The Morgan fingerprint density at radius 1 is 1.16 bits per heavy atom. The number of urea groups is 1. The number of piperidine rings is 1. The van der Waals surface area contributed by atoms with Crippen molar-refractivity contribution in [3.8, 4) is 0 Å². The van der Waals surface area contributed by atoms with Gasteiger partial charge >= 0.3 is 6.03 Å². The van der Waals surface area contributed by atoms with Crippen LogP contribution in [0.25, 0.3) is 0 Å². The molecule has 1 aromatic rings. The summed E-state index contributed by atoms with van der Waals surface area (Å²) in [5.41, 5.74) is 0.728. The molecule has 134 valence electrons. The molecule has 1 atom stereocenters. The highest BCUT2D eigenvalue weighted by Crippen LogP contribution is 2.39. The average molecular weight is 342 g/mol. The summed E-state index contributed by atoms with van der Waals surface area (Å²) in [4.78, 5) is 35.4. The molecule has 0 saturated carbocycles. The third-order valence-corrected chi connectivity index (χ3v) is 6.15. The van der Waals surface area contributed by atoms with Gasteiger partial charge in [-0.1, -0.05) is 0 Å². The summed E-state index contributed by atoms with van der Waals surface area (Å²) < 4.78 is 0. The van der Waals surface area contributed by atoms with Crippen LogP contribution in [0.1, 0.15) is 38.2 Å². The standard InChI is InChI=1S/C19H26N4O2/c1-19-8-2-11-22(19)18(25)23(17(19)24)16-6-13-21(14-7-16)12-5-15-3-9-20-10-4-15/h3-4,9-10,16H,2,5-8,11-14H2,1H3/t19-/m0/s1. The molecule has 0 unspecified atom stereocenters. The number of aromatic nitrogens is 1. The molecule has 0 bridgehead atoms. The molecule has 1 aromatic heterocycles. The van der Waals surface area contributed by atoms with Gasteiger partial charge in [0, 0.05) is 44.6 Å². The summed E-state index contributed by atoms with van der Waals surface area (Å²) in [5.74, 6) is 0.0326. The Hall–Kier alpha value is -1.95. The van der Waals surface area contributed by atoms with Gasteiger partial charge in [-0.2, -0.15) is 0 Å². The number of pyridine rings is 1. The second-order valence-corrected chi connectivity index (χ2v) is 7.67. The molecule has 25 heavy (non-hydrogen) atoms. The maximum absolute atomic E-state index is 12.9. The molecule has 6 heteroatoms. The van der Waals surface area contributed by atoms with Crippen LogP contribution >= 0.6 is 0 Å². The van der Waals surface area contributed by atoms with Crippen LogP contribution in [0.3, 0.4) is 0 Å². The van der Waals surface area contributed by atoms with Crippen molar-refractivity contribution in [2.75, 3.05) is 26.2 Å². The molecule has 0 spiro atoms. The molecular formula is C19H26N4O2.